The van der Waals surface area contributed by atoms with Gasteiger partial charge in [0.25, 0.3) is 0 Å². The maximum atomic E-state index is 11.5. The van der Waals surface area contributed by atoms with E-state index >= 15 is 0 Å². The first-order chi connectivity index (χ1) is 8.70. The van der Waals surface area contributed by atoms with Crippen LogP contribution in [0.2, 0.25) is 0 Å². The molecule has 0 radical (unpaired) electrons. The molecule has 0 bridgehead atoms. The molecule has 2 rings (SSSR count). The molecule has 4 heteroatoms. The number of nitrogens with two attached hydrogens (primary N) is 1. The summed E-state index contributed by atoms with van der Waals surface area (Å²) in [5, 5.41) is 0. The van der Waals surface area contributed by atoms with Crippen molar-refractivity contribution in [3.63, 3.8) is 0 Å². The molecule has 0 amide bonds. The van der Waals surface area contributed by atoms with Gasteiger partial charge in [0.2, 0.25) is 0 Å². The third-order valence-corrected chi connectivity index (χ3v) is 3.20. The van der Waals surface area contributed by atoms with Crippen molar-refractivity contribution in [2.75, 3.05) is 24.6 Å². The first-order valence-electron chi connectivity index (χ1n) is 6.48. The summed E-state index contributed by atoms with van der Waals surface area (Å²) >= 11 is 0. The number of nitrogens with zero attached hydrogens (tertiary/aromatic N) is 1. The Morgan fingerprint density at radius 1 is 1.44 bits per heavy atom. The second-order valence-electron chi connectivity index (χ2n) is 4.62. The highest BCUT2D eigenvalue weighted by molar-refractivity contribution is 5.89. The molecule has 0 unspecified atom stereocenters. The van der Waals surface area contributed by atoms with Crippen LogP contribution in [0, 0.1) is 0 Å². The first kappa shape index (κ1) is 12.9. The summed E-state index contributed by atoms with van der Waals surface area (Å²) < 4.78 is 4.96. The van der Waals surface area contributed by atoms with Crippen molar-refractivity contribution in [3.8, 4) is 0 Å². The quantitative estimate of drug-likeness (QED) is 0.829. The number of benzene rings is 1. The molecule has 1 atom stereocenters. The number of rotatable bonds is 3. The van der Waals surface area contributed by atoms with Gasteiger partial charge in [0.15, 0.2) is 0 Å². The fraction of sp³-hybridized carbons (Fsp3) is 0.500. The lowest BCUT2D eigenvalue weighted by atomic mass is 10.1. The predicted octanol–water partition coefficient (Wildman–Crippen LogP) is 1.79. The van der Waals surface area contributed by atoms with Crippen molar-refractivity contribution in [2.24, 2.45) is 5.73 Å². The monoisotopic (exact) mass is 248 g/mol. The average molecular weight is 248 g/mol. The van der Waals surface area contributed by atoms with E-state index in [0.717, 1.165) is 31.6 Å². The molecule has 1 fully saturated rings. The second kappa shape index (κ2) is 5.87. The van der Waals surface area contributed by atoms with E-state index in [4.69, 9.17) is 10.5 Å². The minimum atomic E-state index is -0.264. The van der Waals surface area contributed by atoms with E-state index in [1.165, 1.54) is 0 Å². The SMILES string of the molecule is CCOC(=O)c1ccc(N2CCC[C@H](N)C2)cc1. The maximum absolute atomic E-state index is 11.5. The van der Waals surface area contributed by atoms with Gasteiger partial charge in [-0.3, -0.25) is 0 Å². The molecule has 0 aromatic heterocycles. The summed E-state index contributed by atoms with van der Waals surface area (Å²) in [6.45, 7) is 4.13. The van der Waals surface area contributed by atoms with Gasteiger partial charge in [-0.1, -0.05) is 0 Å². The van der Waals surface area contributed by atoms with Crippen LogP contribution in [-0.2, 0) is 4.74 Å². The van der Waals surface area contributed by atoms with Crippen LogP contribution >= 0.6 is 0 Å². The van der Waals surface area contributed by atoms with Crippen LogP contribution in [-0.4, -0.2) is 31.7 Å². The first-order valence-corrected chi connectivity index (χ1v) is 6.48. The van der Waals surface area contributed by atoms with Crippen LogP contribution in [0.15, 0.2) is 24.3 Å². The highest BCUT2D eigenvalue weighted by Crippen LogP contribution is 2.20. The van der Waals surface area contributed by atoms with Crippen molar-refractivity contribution in [3.05, 3.63) is 29.8 Å². The molecular formula is C14H20N2O2. The topological polar surface area (TPSA) is 55.6 Å². The Bertz CT molecular complexity index is 403. The van der Waals surface area contributed by atoms with Gasteiger partial charge in [0.05, 0.1) is 12.2 Å². The summed E-state index contributed by atoms with van der Waals surface area (Å²) in [6.07, 6.45) is 2.22. The number of carbonyl (C=O) groups excluding carboxylic acids is 1. The Morgan fingerprint density at radius 2 is 2.17 bits per heavy atom. The Hall–Kier alpha value is -1.55. The number of ether oxygens (including phenoxy) is 1. The Morgan fingerprint density at radius 3 is 2.78 bits per heavy atom. The van der Waals surface area contributed by atoms with Crippen LogP contribution in [0.3, 0.4) is 0 Å². The average Bonchev–Trinajstić information content (AvgIpc) is 2.39. The van der Waals surface area contributed by atoms with Crippen molar-refractivity contribution < 1.29 is 9.53 Å². The molecule has 0 spiro atoms. The molecule has 18 heavy (non-hydrogen) atoms. The minimum absolute atomic E-state index is 0.253. The molecule has 1 aliphatic rings. The van der Waals surface area contributed by atoms with Crippen LogP contribution < -0.4 is 10.6 Å². The van der Waals surface area contributed by atoms with Crippen LogP contribution in [0.5, 0.6) is 0 Å². The number of carbonyl (C=O) groups is 1. The fourth-order valence-electron chi connectivity index (χ4n) is 2.27. The minimum Gasteiger partial charge on any atom is -0.462 e. The van der Waals surface area contributed by atoms with Gasteiger partial charge in [0, 0.05) is 24.8 Å². The lowest BCUT2D eigenvalue weighted by Gasteiger charge is -2.32. The number of hydrogen-bond acceptors (Lipinski definition) is 4. The molecule has 0 saturated carbocycles. The molecule has 1 aromatic carbocycles. The Balaban J connectivity index is 2.05. The smallest absolute Gasteiger partial charge is 0.338 e. The largest absolute Gasteiger partial charge is 0.462 e. The predicted molar refractivity (Wildman–Crippen MR) is 71.8 cm³/mol. The van der Waals surface area contributed by atoms with Crippen LogP contribution in [0.4, 0.5) is 5.69 Å². The van der Waals surface area contributed by atoms with E-state index in [-0.39, 0.29) is 12.0 Å². The summed E-state index contributed by atoms with van der Waals surface area (Å²) in [5.74, 6) is -0.264. The highest BCUT2D eigenvalue weighted by Gasteiger charge is 2.17. The van der Waals surface area contributed by atoms with E-state index in [1.54, 1.807) is 6.92 Å². The van der Waals surface area contributed by atoms with Gasteiger partial charge in [-0.2, -0.15) is 0 Å². The van der Waals surface area contributed by atoms with E-state index in [9.17, 15) is 4.79 Å². The summed E-state index contributed by atoms with van der Waals surface area (Å²) in [5.41, 5.74) is 7.69. The third kappa shape index (κ3) is 3.01. The molecule has 2 N–H and O–H groups in total. The number of esters is 1. The standard InChI is InChI=1S/C14H20N2O2/c1-2-18-14(17)11-5-7-13(8-6-11)16-9-3-4-12(15)10-16/h5-8,12H,2-4,9-10,15H2,1H3/t12-/m0/s1. The van der Waals surface area contributed by atoms with Crippen LogP contribution in [0.25, 0.3) is 0 Å². The van der Waals surface area contributed by atoms with Crippen molar-refractivity contribution in [1.29, 1.82) is 0 Å². The molecule has 1 aromatic rings. The molecule has 0 aliphatic carbocycles. The zero-order valence-electron chi connectivity index (χ0n) is 10.8. The Kier molecular flexibility index (Phi) is 4.20. The van der Waals surface area contributed by atoms with E-state index in [2.05, 4.69) is 4.90 Å². The molecule has 4 nitrogen and oxygen atoms in total. The summed E-state index contributed by atoms with van der Waals surface area (Å²) in [6, 6.07) is 7.80. The third-order valence-electron chi connectivity index (χ3n) is 3.20. The molecule has 1 aliphatic heterocycles. The lowest BCUT2D eigenvalue weighted by molar-refractivity contribution is 0.0526. The lowest BCUT2D eigenvalue weighted by Crippen LogP contribution is -2.42. The van der Waals surface area contributed by atoms with Crippen molar-refractivity contribution in [1.82, 2.24) is 0 Å². The number of hydrogen-bond donors (Lipinski definition) is 1. The molecular weight excluding hydrogens is 228 g/mol. The zero-order valence-corrected chi connectivity index (χ0v) is 10.8. The fourth-order valence-corrected chi connectivity index (χ4v) is 2.27. The van der Waals surface area contributed by atoms with Crippen LogP contribution in [0.1, 0.15) is 30.1 Å². The number of anilines is 1. The maximum Gasteiger partial charge on any atom is 0.338 e. The van der Waals surface area contributed by atoms with Gasteiger partial charge in [-0.05, 0) is 44.0 Å². The van der Waals surface area contributed by atoms with Gasteiger partial charge >= 0.3 is 5.97 Å². The van der Waals surface area contributed by atoms with Gasteiger partial charge in [-0.15, -0.1) is 0 Å². The van der Waals surface area contributed by atoms with E-state index < -0.39 is 0 Å². The van der Waals surface area contributed by atoms with Gasteiger partial charge in [-0.25, -0.2) is 4.79 Å². The second-order valence-corrected chi connectivity index (χ2v) is 4.62. The van der Waals surface area contributed by atoms with Gasteiger partial charge in [0.1, 0.15) is 0 Å². The highest BCUT2D eigenvalue weighted by atomic mass is 16.5. The Labute approximate surface area is 108 Å². The molecule has 1 saturated heterocycles. The molecule has 1 heterocycles. The van der Waals surface area contributed by atoms with E-state index in [1.807, 2.05) is 24.3 Å². The van der Waals surface area contributed by atoms with Crippen molar-refractivity contribution >= 4 is 11.7 Å². The van der Waals surface area contributed by atoms with E-state index in [0.29, 0.717) is 12.2 Å². The zero-order chi connectivity index (χ0) is 13.0. The van der Waals surface area contributed by atoms with Crippen molar-refractivity contribution in [2.45, 2.75) is 25.8 Å². The number of piperidine rings is 1. The molecule has 98 valence electrons. The summed E-state index contributed by atoms with van der Waals surface area (Å²) in [4.78, 5) is 13.8. The van der Waals surface area contributed by atoms with Gasteiger partial charge < -0.3 is 15.4 Å². The normalized spacial score (nSPS) is 19.7. The summed E-state index contributed by atoms with van der Waals surface area (Å²) in [7, 11) is 0.